The van der Waals surface area contributed by atoms with Crippen LogP contribution in [-0.4, -0.2) is 26.4 Å². The number of hydrogen-bond donors (Lipinski definition) is 4. The summed E-state index contributed by atoms with van der Waals surface area (Å²) < 4.78 is 32.2. The lowest BCUT2D eigenvalue weighted by molar-refractivity contribution is -0.117. The Morgan fingerprint density at radius 2 is 1.70 bits per heavy atom. The first kappa shape index (κ1) is 19.7. The fourth-order valence-corrected chi connectivity index (χ4v) is 4.22. The van der Waals surface area contributed by atoms with Gasteiger partial charge in [-0.1, -0.05) is 6.07 Å². The first-order valence-corrected chi connectivity index (χ1v) is 10.5. The van der Waals surface area contributed by atoms with Gasteiger partial charge in [0.1, 0.15) is 4.90 Å². The van der Waals surface area contributed by atoms with E-state index < -0.39 is 28.0 Å². The van der Waals surface area contributed by atoms with E-state index in [1.165, 1.54) is 12.3 Å². The third-order valence-corrected chi connectivity index (χ3v) is 5.90. The molecule has 154 valence electrons. The number of carbonyl (C=O) groups is 2. The predicted octanol–water partition coefficient (Wildman–Crippen LogP) is 2.51. The van der Waals surface area contributed by atoms with E-state index in [9.17, 15) is 18.0 Å². The van der Waals surface area contributed by atoms with Gasteiger partial charge in [0.25, 0.3) is 11.8 Å². The van der Waals surface area contributed by atoms with Crippen molar-refractivity contribution in [3.63, 3.8) is 0 Å². The van der Waals surface area contributed by atoms with Crippen molar-refractivity contribution >= 4 is 38.9 Å². The van der Waals surface area contributed by atoms with Crippen molar-refractivity contribution in [2.75, 3.05) is 16.0 Å². The Labute approximate surface area is 172 Å². The molecule has 0 spiro atoms. The van der Waals surface area contributed by atoms with Crippen LogP contribution in [0.15, 0.2) is 70.2 Å². The van der Waals surface area contributed by atoms with Gasteiger partial charge in [0.2, 0.25) is 10.0 Å². The zero-order chi connectivity index (χ0) is 21.3. The number of rotatable bonds is 4. The first-order valence-electron chi connectivity index (χ1n) is 8.97. The van der Waals surface area contributed by atoms with E-state index in [1.807, 2.05) is 6.92 Å². The molecule has 0 bridgehead atoms. The number of aryl methyl sites for hydroxylation is 1. The smallest absolute Gasteiger partial charge is 0.291 e. The standard InChI is InChI=1S/C20H18N4O5S/c1-12-4-9-17-15(11-12)23-18(24-30(17,27)28)20(26)22-14-7-5-13(6-8-14)21-19(25)16-3-2-10-29-16/h2-11,18,23-24H,1H3,(H,21,25)(H,22,26)/t18-/m0/s1. The molecule has 0 saturated heterocycles. The highest BCUT2D eigenvalue weighted by Crippen LogP contribution is 2.27. The topological polar surface area (TPSA) is 130 Å². The molecule has 2 heterocycles. The molecular weight excluding hydrogens is 408 g/mol. The van der Waals surface area contributed by atoms with E-state index in [0.29, 0.717) is 17.1 Å². The van der Waals surface area contributed by atoms with Gasteiger partial charge in [-0.25, -0.2) is 8.42 Å². The molecule has 1 aromatic heterocycles. The largest absolute Gasteiger partial charge is 0.459 e. The summed E-state index contributed by atoms with van der Waals surface area (Å²) in [6.45, 7) is 1.83. The normalized spacial score (nSPS) is 16.8. The molecule has 2 amide bonds. The lowest BCUT2D eigenvalue weighted by Gasteiger charge is -2.27. The van der Waals surface area contributed by atoms with Crippen molar-refractivity contribution < 1.29 is 22.4 Å². The molecule has 1 atom stereocenters. The quantitative estimate of drug-likeness (QED) is 0.507. The number of sulfonamides is 1. The molecule has 1 aliphatic heterocycles. The minimum Gasteiger partial charge on any atom is -0.459 e. The Kier molecular flexibility index (Phi) is 5.02. The number of hydrogen-bond acceptors (Lipinski definition) is 6. The van der Waals surface area contributed by atoms with E-state index in [1.54, 1.807) is 48.5 Å². The maximum atomic E-state index is 12.6. The number of nitrogens with one attached hydrogen (secondary N) is 4. The number of furan rings is 1. The van der Waals surface area contributed by atoms with Gasteiger partial charge in [-0.15, -0.1) is 0 Å². The second-order valence-corrected chi connectivity index (χ2v) is 8.38. The summed E-state index contributed by atoms with van der Waals surface area (Å²) in [7, 11) is -3.82. The van der Waals surface area contributed by atoms with Crippen molar-refractivity contribution in [2.24, 2.45) is 0 Å². The number of anilines is 3. The SMILES string of the molecule is Cc1ccc2c(c1)N[C@H](C(=O)Nc1ccc(NC(=O)c3ccco3)cc1)NS2(=O)=O. The average Bonchev–Trinajstić information content (AvgIpc) is 3.23. The number of benzene rings is 2. The first-order chi connectivity index (χ1) is 14.3. The fraction of sp³-hybridized carbons (Fsp3) is 0.100. The summed E-state index contributed by atoms with van der Waals surface area (Å²) in [5.41, 5.74) is 2.18. The molecule has 3 aromatic rings. The maximum Gasteiger partial charge on any atom is 0.291 e. The van der Waals surface area contributed by atoms with Gasteiger partial charge < -0.3 is 20.4 Å². The van der Waals surface area contributed by atoms with Gasteiger partial charge in [-0.05, 0) is 61.0 Å². The van der Waals surface area contributed by atoms with Crippen LogP contribution in [0.2, 0.25) is 0 Å². The summed E-state index contributed by atoms with van der Waals surface area (Å²) in [5, 5.41) is 8.21. The van der Waals surface area contributed by atoms with Gasteiger partial charge in [-0.3, -0.25) is 9.59 Å². The van der Waals surface area contributed by atoms with Crippen molar-refractivity contribution in [3.05, 3.63) is 72.2 Å². The van der Waals surface area contributed by atoms with Crippen molar-refractivity contribution in [3.8, 4) is 0 Å². The summed E-state index contributed by atoms with van der Waals surface area (Å²) in [6, 6.07) is 14.4. The zero-order valence-corrected chi connectivity index (χ0v) is 16.6. The molecule has 0 fully saturated rings. The summed E-state index contributed by atoms with van der Waals surface area (Å²) in [4.78, 5) is 24.7. The Balaban J connectivity index is 1.43. The highest BCUT2D eigenvalue weighted by atomic mass is 32.2. The van der Waals surface area contributed by atoms with E-state index in [0.717, 1.165) is 5.56 Å². The van der Waals surface area contributed by atoms with Crippen molar-refractivity contribution in [2.45, 2.75) is 18.0 Å². The lowest BCUT2D eigenvalue weighted by atomic mass is 10.2. The third-order valence-electron chi connectivity index (χ3n) is 4.41. The number of carbonyl (C=O) groups excluding carboxylic acids is 2. The van der Waals surface area contributed by atoms with Crippen molar-refractivity contribution in [1.29, 1.82) is 0 Å². The van der Waals surface area contributed by atoms with Crippen molar-refractivity contribution in [1.82, 2.24) is 4.72 Å². The van der Waals surface area contributed by atoms with Crippen LogP contribution in [-0.2, 0) is 14.8 Å². The van der Waals surface area contributed by atoms with Gasteiger partial charge in [0.05, 0.1) is 12.0 Å². The van der Waals surface area contributed by atoms with Crippen LogP contribution < -0.4 is 20.7 Å². The highest BCUT2D eigenvalue weighted by Gasteiger charge is 2.33. The zero-order valence-electron chi connectivity index (χ0n) is 15.8. The Bertz CT molecular complexity index is 1200. The molecule has 0 aliphatic carbocycles. The minimum atomic E-state index is -3.82. The van der Waals surface area contributed by atoms with E-state index in [4.69, 9.17) is 4.42 Å². The number of fused-ring (bicyclic) bond motifs is 1. The van der Waals surface area contributed by atoms with Crippen LogP contribution >= 0.6 is 0 Å². The van der Waals surface area contributed by atoms with E-state index >= 15 is 0 Å². The van der Waals surface area contributed by atoms with Crippen LogP contribution in [0.25, 0.3) is 0 Å². The van der Waals surface area contributed by atoms with Crippen LogP contribution in [0.3, 0.4) is 0 Å². The van der Waals surface area contributed by atoms with Gasteiger partial charge in [0.15, 0.2) is 11.9 Å². The Morgan fingerprint density at radius 1 is 1.00 bits per heavy atom. The summed E-state index contributed by atoms with van der Waals surface area (Å²) in [6.07, 6.45) is 0.239. The highest BCUT2D eigenvalue weighted by molar-refractivity contribution is 7.89. The molecule has 0 unspecified atom stereocenters. The second kappa shape index (κ2) is 7.65. The van der Waals surface area contributed by atoms with Crippen LogP contribution in [0.4, 0.5) is 17.1 Å². The Hall–Kier alpha value is -3.63. The van der Waals surface area contributed by atoms with Gasteiger partial charge >= 0.3 is 0 Å². The molecule has 4 N–H and O–H groups in total. The van der Waals surface area contributed by atoms with Gasteiger partial charge in [0, 0.05) is 11.4 Å². The second-order valence-electron chi connectivity index (χ2n) is 6.70. The molecule has 0 radical (unpaired) electrons. The summed E-state index contributed by atoms with van der Waals surface area (Å²) in [5.74, 6) is -0.789. The van der Waals surface area contributed by atoms with Crippen LogP contribution in [0, 0.1) is 6.92 Å². The fourth-order valence-electron chi connectivity index (χ4n) is 2.97. The molecule has 1 aliphatic rings. The molecule has 9 nitrogen and oxygen atoms in total. The summed E-state index contributed by atoms with van der Waals surface area (Å²) >= 11 is 0. The minimum absolute atomic E-state index is 0.0915. The molecule has 10 heteroatoms. The van der Waals surface area contributed by atoms with E-state index in [-0.39, 0.29) is 10.7 Å². The molecule has 4 rings (SSSR count). The van der Waals surface area contributed by atoms with E-state index in [2.05, 4.69) is 20.7 Å². The predicted molar refractivity (Wildman–Crippen MR) is 111 cm³/mol. The maximum absolute atomic E-state index is 12.6. The van der Waals surface area contributed by atoms with Crippen LogP contribution in [0.5, 0.6) is 0 Å². The molecule has 2 aromatic carbocycles. The molecular formula is C20H18N4O5S. The molecule has 0 saturated carbocycles. The monoisotopic (exact) mass is 426 g/mol. The van der Waals surface area contributed by atoms with Crippen LogP contribution in [0.1, 0.15) is 16.1 Å². The lowest BCUT2D eigenvalue weighted by Crippen LogP contribution is -2.51. The molecule has 30 heavy (non-hydrogen) atoms. The number of amides is 2. The Morgan fingerprint density at radius 3 is 2.37 bits per heavy atom. The van der Waals surface area contributed by atoms with Gasteiger partial charge in [-0.2, -0.15) is 4.72 Å². The third kappa shape index (κ3) is 4.04. The average molecular weight is 426 g/mol.